The summed E-state index contributed by atoms with van der Waals surface area (Å²) in [6.07, 6.45) is 0.589. The Morgan fingerprint density at radius 1 is 1.41 bits per heavy atom. The third-order valence-corrected chi connectivity index (χ3v) is 3.03. The predicted octanol–water partition coefficient (Wildman–Crippen LogP) is 1.47. The minimum absolute atomic E-state index is 0.00803. The number of alkyl halides is 1. The van der Waals surface area contributed by atoms with E-state index in [9.17, 15) is 9.59 Å². The van der Waals surface area contributed by atoms with Crippen molar-refractivity contribution in [1.82, 2.24) is 5.32 Å². The van der Waals surface area contributed by atoms with Gasteiger partial charge < -0.3 is 10.6 Å². The van der Waals surface area contributed by atoms with Crippen LogP contribution in [0.2, 0.25) is 0 Å². The van der Waals surface area contributed by atoms with E-state index in [2.05, 4.69) is 10.6 Å². The van der Waals surface area contributed by atoms with Crippen LogP contribution in [0.25, 0.3) is 0 Å². The molecule has 1 unspecified atom stereocenters. The molecule has 0 bridgehead atoms. The van der Waals surface area contributed by atoms with Crippen LogP contribution in [0.5, 0.6) is 0 Å². The molecule has 1 aromatic rings. The monoisotopic (exact) mass is 252 g/mol. The zero-order chi connectivity index (χ0) is 12.3. The molecule has 0 saturated heterocycles. The molecule has 1 aliphatic heterocycles. The lowest BCUT2D eigenvalue weighted by atomic mass is 9.97. The number of rotatable bonds is 4. The second-order valence-electron chi connectivity index (χ2n) is 3.90. The number of halogens is 1. The van der Waals surface area contributed by atoms with Crippen LogP contribution in [0, 0.1) is 0 Å². The molecule has 0 fully saturated rings. The van der Waals surface area contributed by atoms with Gasteiger partial charge in [0.1, 0.15) is 5.88 Å². The van der Waals surface area contributed by atoms with Gasteiger partial charge in [0.15, 0.2) is 0 Å². The number of hydrogen-bond donors (Lipinski definition) is 2. The van der Waals surface area contributed by atoms with E-state index in [4.69, 9.17) is 11.6 Å². The highest BCUT2D eigenvalue weighted by Gasteiger charge is 2.29. The van der Waals surface area contributed by atoms with Crippen molar-refractivity contribution in [2.24, 2.45) is 0 Å². The van der Waals surface area contributed by atoms with E-state index in [1.165, 1.54) is 0 Å². The Balaban J connectivity index is 1.97. The number of amides is 2. The summed E-state index contributed by atoms with van der Waals surface area (Å²) in [5.74, 6) is -0.445. The number of carbonyl (C=O) groups is 2. The molecule has 2 amide bonds. The highest BCUT2D eigenvalue weighted by atomic mass is 35.5. The molecule has 2 N–H and O–H groups in total. The maximum absolute atomic E-state index is 11.7. The summed E-state index contributed by atoms with van der Waals surface area (Å²) < 4.78 is 0. The van der Waals surface area contributed by atoms with Gasteiger partial charge in [-0.2, -0.15) is 0 Å². The van der Waals surface area contributed by atoms with Crippen LogP contribution in [0.1, 0.15) is 17.9 Å². The quantitative estimate of drug-likeness (QED) is 0.798. The average Bonchev–Trinajstić information content (AvgIpc) is 2.66. The normalized spacial score (nSPS) is 17.5. The van der Waals surface area contributed by atoms with Crippen molar-refractivity contribution in [3.63, 3.8) is 0 Å². The molecule has 4 nitrogen and oxygen atoms in total. The Hall–Kier alpha value is -1.55. The summed E-state index contributed by atoms with van der Waals surface area (Å²) in [5.41, 5.74) is 1.86. The lowest BCUT2D eigenvalue weighted by Gasteiger charge is -2.08. The highest BCUT2D eigenvalue weighted by molar-refractivity contribution is 6.27. The van der Waals surface area contributed by atoms with E-state index in [1.54, 1.807) is 0 Å². The van der Waals surface area contributed by atoms with Crippen molar-refractivity contribution >= 4 is 29.1 Å². The van der Waals surface area contributed by atoms with Crippen molar-refractivity contribution in [3.05, 3.63) is 29.8 Å². The van der Waals surface area contributed by atoms with Crippen LogP contribution >= 0.6 is 11.6 Å². The largest absolute Gasteiger partial charge is 0.355 e. The fraction of sp³-hybridized carbons (Fsp3) is 0.333. The van der Waals surface area contributed by atoms with Gasteiger partial charge in [-0.1, -0.05) is 18.2 Å². The number of fused-ring (bicyclic) bond motifs is 1. The van der Waals surface area contributed by atoms with E-state index in [1.807, 2.05) is 24.3 Å². The first-order valence-electron chi connectivity index (χ1n) is 5.45. The summed E-state index contributed by atoms with van der Waals surface area (Å²) in [5, 5.41) is 5.48. The van der Waals surface area contributed by atoms with Crippen LogP contribution in [0.3, 0.4) is 0 Å². The van der Waals surface area contributed by atoms with Crippen LogP contribution < -0.4 is 10.6 Å². The lowest BCUT2D eigenvalue weighted by Crippen LogP contribution is -2.27. The number of anilines is 1. The first-order chi connectivity index (χ1) is 8.22. The zero-order valence-corrected chi connectivity index (χ0v) is 9.96. The molecule has 1 aromatic carbocycles. The van der Waals surface area contributed by atoms with Gasteiger partial charge in [-0.05, 0) is 18.1 Å². The van der Waals surface area contributed by atoms with Gasteiger partial charge in [-0.3, -0.25) is 9.59 Å². The van der Waals surface area contributed by atoms with Crippen LogP contribution in [0.4, 0.5) is 5.69 Å². The topological polar surface area (TPSA) is 58.2 Å². The SMILES string of the molecule is O=C(CCl)NCCC1C(=O)Nc2ccccc21. The first-order valence-corrected chi connectivity index (χ1v) is 5.98. The molecule has 0 spiro atoms. The third-order valence-electron chi connectivity index (χ3n) is 2.79. The second kappa shape index (κ2) is 5.19. The average molecular weight is 253 g/mol. The fourth-order valence-corrected chi connectivity index (χ4v) is 2.06. The molecule has 0 aliphatic carbocycles. The summed E-state index contributed by atoms with van der Waals surface area (Å²) in [4.78, 5) is 22.7. The minimum atomic E-state index is -0.210. The Kier molecular flexibility index (Phi) is 3.64. The van der Waals surface area contributed by atoms with Gasteiger partial charge in [0.05, 0.1) is 5.92 Å². The molecule has 5 heteroatoms. The maximum Gasteiger partial charge on any atom is 0.234 e. The van der Waals surface area contributed by atoms with E-state index >= 15 is 0 Å². The smallest absolute Gasteiger partial charge is 0.234 e. The second-order valence-corrected chi connectivity index (χ2v) is 4.17. The Bertz CT molecular complexity index is 448. The van der Waals surface area contributed by atoms with E-state index in [0.29, 0.717) is 13.0 Å². The van der Waals surface area contributed by atoms with Crippen molar-refractivity contribution in [1.29, 1.82) is 0 Å². The van der Waals surface area contributed by atoms with Gasteiger partial charge in [0.2, 0.25) is 11.8 Å². The molecule has 90 valence electrons. The number of benzene rings is 1. The molecule has 1 atom stereocenters. The summed E-state index contributed by atoms with van der Waals surface area (Å²) in [7, 11) is 0. The van der Waals surface area contributed by atoms with Gasteiger partial charge in [0, 0.05) is 12.2 Å². The summed E-state index contributed by atoms with van der Waals surface area (Å²) in [6, 6.07) is 7.60. The standard InChI is InChI=1S/C12H13ClN2O2/c13-7-11(16)14-6-5-9-8-3-1-2-4-10(8)15-12(9)17/h1-4,9H,5-7H2,(H,14,16)(H,15,17). The Morgan fingerprint density at radius 3 is 2.94 bits per heavy atom. The molecule has 0 radical (unpaired) electrons. The first kappa shape index (κ1) is 11.9. The fourth-order valence-electron chi connectivity index (χ4n) is 1.97. The third kappa shape index (κ3) is 2.58. The molecule has 0 aromatic heterocycles. The molecular weight excluding hydrogens is 240 g/mol. The molecule has 17 heavy (non-hydrogen) atoms. The van der Waals surface area contributed by atoms with E-state index in [-0.39, 0.29) is 23.6 Å². The molecule has 0 saturated carbocycles. The summed E-state index contributed by atoms with van der Waals surface area (Å²) >= 11 is 5.37. The highest BCUT2D eigenvalue weighted by Crippen LogP contribution is 2.33. The van der Waals surface area contributed by atoms with Gasteiger partial charge in [-0.25, -0.2) is 0 Å². The van der Waals surface area contributed by atoms with E-state index in [0.717, 1.165) is 11.3 Å². The minimum Gasteiger partial charge on any atom is -0.355 e. The van der Waals surface area contributed by atoms with Crippen LogP contribution in [-0.2, 0) is 9.59 Å². The van der Waals surface area contributed by atoms with Crippen molar-refractivity contribution in [2.45, 2.75) is 12.3 Å². The lowest BCUT2D eigenvalue weighted by molar-refractivity contribution is -0.119. The number of carbonyl (C=O) groups excluding carboxylic acids is 2. The number of hydrogen-bond acceptors (Lipinski definition) is 2. The Labute approximate surface area is 104 Å². The van der Waals surface area contributed by atoms with Gasteiger partial charge in [0.25, 0.3) is 0 Å². The van der Waals surface area contributed by atoms with E-state index < -0.39 is 0 Å². The molecule has 1 heterocycles. The number of nitrogens with one attached hydrogen (secondary N) is 2. The zero-order valence-electron chi connectivity index (χ0n) is 9.20. The molecule has 1 aliphatic rings. The predicted molar refractivity (Wildman–Crippen MR) is 66.2 cm³/mol. The Morgan fingerprint density at radius 2 is 2.18 bits per heavy atom. The van der Waals surface area contributed by atoms with Crippen molar-refractivity contribution in [3.8, 4) is 0 Å². The number of para-hydroxylation sites is 1. The van der Waals surface area contributed by atoms with Crippen LogP contribution in [0.15, 0.2) is 24.3 Å². The van der Waals surface area contributed by atoms with Gasteiger partial charge >= 0.3 is 0 Å². The molecule has 2 rings (SSSR count). The molecular formula is C12H13ClN2O2. The maximum atomic E-state index is 11.7. The van der Waals surface area contributed by atoms with Crippen molar-refractivity contribution < 1.29 is 9.59 Å². The van der Waals surface area contributed by atoms with Gasteiger partial charge in [-0.15, -0.1) is 11.6 Å². The van der Waals surface area contributed by atoms with Crippen molar-refractivity contribution in [2.75, 3.05) is 17.7 Å². The summed E-state index contributed by atoms with van der Waals surface area (Å²) in [6.45, 7) is 0.456. The van der Waals surface area contributed by atoms with Crippen LogP contribution in [-0.4, -0.2) is 24.2 Å².